The number of nitrogens with zero attached hydrogens (tertiary/aromatic N) is 1. The third kappa shape index (κ3) is 8.74. The molecule has 138 valence electrons. The molecule has 0 amide bonds. The molecule has 0 aromatic carbocycles. The van der Waals surface area contributed by atoms with Crippen LogP contribution < -0.4 is 10.6 Å². The van der Waals surface area contributed by atoms with Crippen LogP contribution in [0.3, 0.4) is 0 Å². The Morgan fingerprint density at radius 1 is 1.24 bits per heavy atom. The Labute approximate surface area is 154 Å². The van der Waals surface area contributed by atoms with E-state index >= 15 is 0 Å². The first kappa shape index (κ1) is 19.5. The molecule has 25 heavy (non-hydrogen) atoms. The number of thiophene rings is 1. The Hall–Kier alpha value is -1.79. The van der Waals surface area contributed by atoms with E-state index in [2.05, 4.69) is 47.0 Å². The summed E-state index contributed by atoms with van der Waals surface area (Å²) >= 11 is 1.73. The number of aliphatic imine (C=N–C) groups is 1. The molecule has 5 nitrogen and oxygen atoms in total. The smallest absolute Gasteiger partial charge is 0.191 e. The average molecular weight is 364 g/mol. The van der Waals surface area contributed by atoms with Crippen LogP contribution in [0.25, 0.3) is 0 Å². The lowest BCUT2D eigenvalue weighted by atomic mass is 10.2. The molecule has 2 heterocycles. The molecule has 0 spiro atoms. The largest absolute Gasteiger partial charge is 0.469 e. The van der Waals surface area contributed by atoms with Gasteiger partial charge >= 0.3 is 0 Å². The van der Waals surface area contributed by atoms with Crippen molar-refractivity contribution in [2.24, 2.45) is 10.9 Å². The highest BCUT2D eigenvalue weighted by Crippen LogP contribution is 2.09. The zero-order valence-corrected chi connectivity index (χ0v) is 16.0. The molecule has 0 bridgehead atoms. The van der Waals surface area contributed by atoms with E-state index in [0.29, 0.717) is 12.5 Å². The van der Waals surface area contributed by atoms with E-state index in [1.165, 1.54) is 4.88 Å². The van der Waals surface area contributed by atoms with Gasteiger partial charge < -0.3 is 19.8 Å². The Kier molecular flexibility index (Phi) is 9.15. The number of hydrogen-bond acceptors (Lipinski definition) is 4. The lowest BCUT2D eigenvalue weighted by Gasteiger charge is -2.12. The molecule has 6 heteroatoms. The number of rotatable bonds is 11. The van der Waals surface area contributed by atoms with E-state index in [1.54, 1.807) is 17.6 Å². The van der Waals surface area contributed by atoms with Crippen molar-refractivity contribution in [3.63, 3.8) is 0 Å². The van der Waals surface area contributed by atoms with Crippen molar-refractivity contribution < 1.29 is 9.15 Å². The van der Waals surface area contributed by atoms with Gasteiger partial charge in [0, 0.05) is 37.6 Å². The highest BCUT2D eigenvalue weighted by atomic mass is 32.1. The van der Waals surface area contributed by atoms with Crippen molar-refractivity contribution in [1.82, 2.24) is 10.6 Å². The lowest BCUT2D eigenvalue weighted by Crippen LogP contribution is -2.39. The van der Waals surface area contributed by atoms with Gasteiger partial charge in [0.1, 0.15) is 5.76 Å². The number of guanidine groups is 1. The summed E-state index contributed by atoms with van der Waals surface area (Å²) in [5.41, 5.74) is 0. The third-order valence-corrected chi connectivity index (χ3v) is 4.29. The Morgan fingerprint density at radius 3 is 2.84 bits per heavy atom. The summed E-state index contributed by atoms with van der Waals surface area (Å²) < 4.78 is 11.0. The quantitative estimate of drug-likeness (QED) is 0.363. The molecule has 0 saturated heterocycles. The van der Waals surface area contributed by atoms with Crippen LogP contribution in [0.4, 0.5) is 0 Å². The van der Waals surface area contributed by atoms with E-state index in [1.807, 2.05) is 12.1 Å². The van der Waals surface area contributed by atoms with Gasteiger partial charge in [-0.1, -0.05) is 19.9 Å². The van der Waals surface area contributed by atoms with E-state index in [0.717, 1.165) is 50.9 Å². The minimum atomic E-state index is 0.583. The summed E-state index contributed by atoms with van der Waals surface area (Å²) in [5, 5.41) is 8.83. The number of furan rings is 1. The second kappa shape index (κ2) is 11.7. The molecule has 0 saturated carbocycles. The van der Waals surface area contributed by atoms with Crippen molar-refractivity contribution in [2.75, 3.05) is 26.3 Å². The van der Waals surface area contributed by atoms with E-state index < -0.39 is 0 Å². The second-order valence-electron chi connectivity index (χ2n) is 6.25. The minimum absolute atomic E-state index is 0.583. The predicted octanol–water partition coefficient (Wildman–Crippen LogP) is 3.68. The maximum Gasteiger partial charge on any atom is 0.191 e. The topological polar surface area (TPSA) is 58.8 Å². The van der Waals surface area contributed by atoms with Gasteiger partial charge in [0.05, 0.1) is 12.8 Å². The highest BCUT2D eigenvalue weighted by molar-refractivity contribution is 7.09. The summed E-state index contributed by atoms with van der Waals surface area (Å²) in [6, 6.07) is 8.06. The van der Waals surface area contributed by atoms with Crippen molar-refractivity contribution in [3.05, 3.63) is 46.5 Å². The molecular formula is C19H29N3O2S. The molecule has 0 unspecified atom stereocenters. The predicted molar refractivity (Wildman–Crippen MR) is 104 cm³/mol. The average Bonchev–Trinajstić information content (AvgIpc) is 3.28. The molecule has 0 aliphatic heterocycles. The Balaban J connectivity index is 1.72. The van der Waals surface area contributed by atoms with Gasteiger partial charge in [0.25, 0.3) is 0 Å². The minimum Gasteiger partial charge on any atom is -0.469 e. The molecule has 0 radical (unpaired) electrons. The molecule has 0 aliphatic carbocycles. The van der Waals surface area contributed by atoms with Gasteiger partial charge in [-0.05, 0) is 35.9 Å². The fraction of sp³-hybridized carbons (Fsp3) is 0.526. The fourth-order valence-electron chi connectivity index (χ4n) is 2.19. The van der Waals surface area contributed by atoms with Crippen molar-refractivity contribution in [3.8, 4) is 0 Å². The number of nitrogens with one attached hydrogen (secondary N) is 2. The van der Waals surface area contributed by atoms with Crippen LogP contribution in [0, 0.1) is 5.92 Å². The van der Waals surface area contributed by atoms with Gasteiger partial charge in [-0.25, -0.2) is 4.99 Å². The lowest BCUT2D eigenvalue weighted by molar-refractivity contribution is 0.108. The number of ether oxygens (including phenoxy) is 1. The number of hydrogen-bond donors (Lipinski definition) is 2. The standard InChI is InChI=1S/C19H29N3O2S/c1-16(2)15-23-11-5-9-20-19(22-14-18-7-4-13-25-18)21-10-8-17-6-3-12-24-17/h3-4,6-7,12-13,16H,5,8-11,14-15H2,1-2H3,(H2,20,21,22). The van der Waals surface area contributed by atoms with Crippen LogP contribution in [-0.4, -0.2) is 32.3 Å². The van der Waals surface area contributed by atoms with Crippen molar-refractivity contribution in [1.29, 1.82) is 0 Å². The van der Waals surface area contributed by atoms with Gasteiger partial charge in [-0.3, -0.25) is 0 Å². The van der Waals surface area contributed by atoms with Crippen LogP contribution in [0.5, 0.6) is 0 Å². The van der Waals surface area contributed by atoms with Gasteiger partial charge in [-0.2, -0.15) is 0 Å². The summed E-state index contributed by atoms with van der Waals surface area (Å²) in [6.45, 7) is 8.24. The fourth-order valence-corrected chi connectivity index (χ4v) is 2.82. The Bertz CT molecular complexity index is 580. The summed E-state index contributed by atoms with van der Waals surface area (Å²) in [4.78, 5) is 5.92. The molecule has 2 N–H and O–H groups in total. The molecular weight excluding hydrogens is 334 g/mol. The van der Waals surface area contributed by atoms with Gasteiger partial charge in [-0.15, -0.1) is 11.3 Å². The first-order valence-electron chi connectivity index (χ1n) is 8.88. The molecule has 2 aromatic heterocycles. The zero-order chi connectivity index (χ0) is 17.7. The first-order chi connectivity index (χ1) is 12.2. The first-order valence-corrected chi connectivity index (χ1v) is 9.76. The van der Waals surface area contributed by atoms with Crippen LogP contribution in [-0.2, 0) is 17.7 Å². The zero-order valence-electron chi connectivity index (χ0n) is 15.2. The summed E-state index contributed by atoms with van der Waals surface area (Å²) in [5.74, 6) is 2.40. The van der Waals surface area contributed by atoms with Crippen LogP contribution in [0.2, 0.25) is 0 Å². The summed E-state index contributed by atoms with van der Waals surface area (Å²) in [7, 11) is 0. The molecule has 0 fully saturated rings. The molecule has 0 atom stereocenters. The van der Waals surface area contributed by atoms with Gasteiger partial charge in [0.2, 0.25) is 0 Å². The maximum atomic E-state index is 5.61. The SMILES string of the molecule is CC(C)COCCCNC(=NCc1cccs1)NCCc1ccco1. The van der Waals surface area contributed by atoms with E-state index in [4.69, 9.17) is 9.15 Å². The van der Waals surface area contributed by atoms with Crippen molar-refractivity contribution in [2.45, 2.75) is 33.2 Å². The molecule has 2 rings (SSSR count). The highest BCUT2D eigenvalue weighted by Gasteiger charge is 2.01. The summed E-state index contributed by atoms with van der Waals surface area (Å²) in [6.07, 6.45) is 3.51. The van der Waals surface area contributed by atoms with E-state index in [-0.39, 0.29) is 0 Å². The molecule has 2 aromatic rings. The monoisotopic (exact) mass is 363 g/mol. The van der Waals surface area contributed by atoms with Crippen LogP contribution in [0.15, 0.2) is 45.3 Å². The maximum absolute atomic E-state index is 5.61. The van der Waals surface area contributed by atoms with E-state index in [9.17, 15) is 0 Å². The third-order valence-electron chi connectivity index (χ3n) is 3.43. The van der Waals surface area contributed by atoms with Crippen molar-refractivity contribution >= 4 is 17.3 Å². The molecule has 0 aliphatic rings. The van der Waals surface area contributed by atoms with Gasteiger partial charge in [0.15, 0.2) is 5.96 Å². The normalized spacial score (nSPS) is 11.9. The second-order valence-corrected chi connectivity index (χ2v) is 7.28. The Morgan fingerprint density at radius 2 is 2.12 bits per heavy atom. The van der Waals surface area contributed by atoms with Crippen LogP contribution >= 0.6 is 11.3 Å². The van der Waals surface area contributed by atoms with Crippen LogP contribution in [0.1, 0.15) is 30.9 Å².